The van der Waals surface area contributed by atoms with E-state index in [1.54, 1.807) is 0 Å². The number of hydrogen-bond acceptors (Lipinski definition) is 2. The average molecular weight is 325 g/mol. The van der Waals surface area contributed by atoms with Gasteiger partial charge in [-0.15, -0.1) is 0 Å². The maximum Gasteiger partial charge on any atom is 0.265 e. The SMILES string of the molecule is CCC(Oc1cc(C)cc(C)c1)C(=O)Nc1ccc(C(C)C)cc1. The summed E-state index contributed by atoms with van der Waals surface area (Å²) in [5, 5.41) is 2.94. The predicted octanol–water partition coefficient (Wildman–Crippen LogP) is 5.22. The van der Waals surface area contributed by atoms with Gasteiger partial charge in [-0.1, -0.05) is 39.0 Å². The number of rotatable bonds is 6. The number of benzene rings is 2. The molecule has 0 aromatic heterocycles. The summed E-state index contributed by atoms with van der Waals surface area (Å²) in [7, 11) is 0. The number of carbonyl (C=O) groups is 1. The van der Waals surface area contributed by atoms with E-state index in [-0.39, 0.29) is 5.91 Å². The monoisotopic (exact) mass is 325 g/mol. The lowest BCUT2D eigenvalue weighted by molar-refractivity contribution is -0.122. The molecule has 1 N–H and O–H groups in total. The highest BCUT2D eigenvalue weighted by Gasteiger charge is 2.19. The van der Waals surface area contributed by atoms with Gasteiger partial charge in [-0.3, -0.25) is 4.79 Å². The van der Waals surface area contributed by atoms with E-state index in [0.29, 0.717) is 12.3 Å². The number of anilines is 1. The largest absolute Gasteiger partial charge is 0.481 e. The van der Waals surface area contributed by atoms with Gasteiger partial charge in [0.05, 0.1) is 0 Å². The van der Waals surface area contributed by atoms with E-state index in [0.717, 1.165) is 22.6 Å². The lowest BCUT2D eigenvalue weighted by Crippen LogP contribution is -2.32. The minimum Gasteiger partial charge on any atom is -0.481 e. The summed E-state index contributed by atoms with van der Waals surface area (Å²) in [5.41, 5.74) is 4.31. The fraction of sp³-hybridized carbons (Fsp3) is 0.381. The Balaban J connectivity index is 2.05. The Hall–Kier alpha value is -2.29. The van der Waals surface area contributed by atoms with E-state index < -0.39 is 6.10 Å². The molecule has 1 amide bonds. The molecule has 2 aromatic rings. The summed E-state index contributed by atoms with van der Waals surface area (Å²) in [5.74, 6) is 1.10. The van der Waals surface area contributed by atoms with Gasteiger partial charge in [0.2, 0.25) is 0 Å². The third-order valence-corrected chi connectivity index (χ3v) is 3.98. The molecule has 0 bridgehead atoms. The molecule has 2 aromatic carbocycles. The van der Waals surface area contributed by atoms with Crippen LogP contribution in [0.15, 0.2) is 42.5 Å². The lowest BCUT2D eigenvalue weighted by Gasteiger charge is -2.18. The van der Waals surface area contributed by atoms with Crippen molar-refractivity contribution in [1.82, 2.24) is 0 Å². The normalized spacial score (nSPS) is 12.1. The zero-order valence-corrected chi connectivity index (χ0v) is 15.2. The van der Waals surface area contributed by atoms with Crippen molar-refractivity contribution >= 4 is 11.6 Å². The van der Waals surface area contributed by atoms with Crippen LogP contribution in [-0.2, 0) is 4.79 Å². The van der Waals surface area contributed by atoms with E-state index in [2.05, 4.69) is 25.2 Å². The minimum atomic E-state index is -0.504. The van der Waals surface area contributed by atoms with Crippen LogP contribution in [-0.4, -0.2) is 12.0 Å². The molecular weight excluding hydrogens is 298 g/mol. The first-order valence-electron chi connectivity index (χ1n) is 8.54. The minimum absolute atomic E-state index is 0.117. The van der Waals surface area contributed by atoms with Crippen molar-refractivity contribution in [3.05, 3.63) is 59.2 Å². The van der Waals surface area contributed by atoms with Crippen molar-refractivity contribution in [2.24, 2.45) is 0 Å². The Morgan fingerprint density at radius 1 is 1.04 bits per heavy atom. The molecule has 128 valence electrons. The van der Waals surface area contributed by atoms with E-state index in [1.807, 2.05) is 57.2 Å². The van der Waals surface area contributed by atoms with Crippen molar-refractivity contribution in [2.75, 3.05) is 5.32 Å². The van der Waals surface area contributed by atoms with E-state index in [9.17, 15) is 4.79 Å². The third kappa shape index (κ3) is 4.85. The summed E-state index contributed by atoms with van der Waals surface area (Å²) in [6.07, 6.45) is 0.110. The van der Waals surface area contributed by atoms with Crippen LogP contribution in [0.5, 0.6) is 5.75 Å². The summed E-state index contributed by atoms with van der Waals surface area (Å²) in [6.45, 7) is 10.3. The van der Waals surface area contributed by atoms with Crippen LogP contribution in [0.2, 0.25) is 0 Å². The van der Waals surface area contributed by atoms with Crippen molar-refractivity contribution < 1.29 is 9.53 Å². The van der Waals surface area contributed by atoms with Crippen LogP contribution < -0.4 is 10.1 Å². The molecule has 0 aliphatic heterocycles. The molecule has 0 heterocycles. The van der Waals surface area contributed by atoms with Gasteiger partial charge >= 0.3 is 0 Å². The van der Waals surface area contributed by atoms with Crippen LogP contribution in [0.25, 0.3) is 0 Å². The van der Waals surface area contributed by atoms with Gasteiger partial charge in [0.25, 0.3) is 5.91 Å². The molecule has 24 heavy (non-hydrogen) atoms. The standard InChI is InChI=1S/C21H27NO2/c1-6-20(24-19-12-15(4)11-16(5)13-19)21(23)22-18-9-7-17(8-10-18)14(2)3/h7-14,20H,6H2,1-5H3,(H,22,23). The smallest absolute Gasteiger partial charge is 0.265 e. The summed E-state index contributed by atoms with van der Waals surface area (Å²) in [6, 6.07) is 14.0. The summed E-state index contributed by atoms with van der Waals surface area (Å²) in [4.78, 5) is 12.5. The Bertz CT molecular complexity index is 669. The topological polar surface area (TPSA) is 38.3 Å². The Labute approximate surface area is 145 Å². The molecule has 2 rings (SSSR count). The fourth-order valence-corrected chi connectivity index (χ4v) is 2.66. The predicted molar refractivity (Wildman–Crippen MR) is 99.8 cm³/mol. The summed E-state index contributed by atoms with van der Waals surface area (Å²) >= 11 is 0. The van der Waals surface area contributed by atoms with Crippen LogP contribution in [0, 0.1) is 13.8 Å². The molecule has 0 spiro atoms. The second-order valence-electron chi connectivity index (χ2n) is 6.60. The van der Waals surface area contributed by atoms with Crippen molar-refractivity contribution in [3.63, 3.8) is 0 Å². The van der Waals surface area contributed by atoms with Gasteiger partial charge in [0, 0.05) is 5.69 Å². The Morgan fingerprint density at radius 2 is 1.62 bits per heavy atom. The number of nitrogens with one attached hydrogen (secondary N) is 1. The van der Waals surface area contributed by atoms with Gasteiger partial charge in [-0.25, -0.2) is 0 Å². The van der Waals surface area contributed by atoms with Crippen molar-refractivity contribution in [1.29, 1.82) is 0 Å². The molecular formula is C21H27NO2. The average Bonchev–Trinajstić information content (AvgIpc) is 2.52. The van der Waals surface area contributed by atoms with Crippen LogP contribution in [0.1, 0.15) is 49.8 Å². The molecule has 0 fully saturated rings. The highest BCUT2D eigenvalue weighted by molar-refractivity contribution is 5.94. The molecule has 1 atom stereocenters. The number of aryl methyl sites for hydroxylation is 2. The first-order chi connectivity index (χ1) is 11.4. The second kappa shape index (κ2) is 8.00. The van der Waals surface area contributed by atoms with Crippen molar-refractivity contribution in [2.45, 2.75) is 53.1 Å². The maximum absolute atomic E-state index is 12.5. The number of ether oxygens (including phenoxy) is 1. The highest BCUT2D eigenvalue weighted by Crippen LogP contribution is 2.20. The zero-order valence-electron chi connectivity index (χ0n) is 15.2. The second-order valence-corrected chi connectivity index (χ2v) is 6.60. The first-order valence-corrected chi connectivity index (χ1v) is 8.54. The molecule has 3 nitrogen and oxygen atoms in total. The van der Waals surface area contributed by atoms with Gasteiger partial charge in [-0.2, -0.15) is 0 Å². The summed E-state index contributed by atoms with van der Waals surface area (Å²) < 4.78 is 5.91. The molecule has 1 unspecified atom stereocenters. The quantitative estimate of drug-likeness (QED) is 0.790. The molecule has 0 aliphatic rings. The molecule has 0 saturated heterocycles. The van der Waals surface area contributed by atoms with Crippen LogP contribution in [0.4, 0.5) is 5.69 Å². The Kier molecular flexibility index (Phi) is 6.02. The van der Waals surface area contributed by atoms with Crippen molar-refractivity contribution in [3.8, 4) is 5.75 Å². The fourth-order valence-electron chi connectivity index (χ4n) is 2.66. The number of carbonyl (C=O) groups excluding carboxylic acids is 1. The van der Waals surface area contributed by atoms with Crippen LogP contribution in [0.3, 0.4) is 0 Å². The molecule has 0 saturated carbocycles. The zero-order chi connectivity index (χ0) is 17.7. The number of amides is 1. The van der Waals surface area contributed by atoms with Gasteiger partial charge in [0.1, 0.15) is 5.75 Å². The van der Waals surface area contributed by atoms with Gasteiger partial charge in [-0.05, 0) is 67.1 Å². The maximum atomic E-state index is 12.5. The third-order valence-electron chi connectivity index (χ3n) is 3.98. The highest BCUT2D eigenvalue weighted by atomic mass is 16.5. The lowest BCUT2D eigenvalue weighted by atomic mass is 10.0. The first kappa shape index (κ1) is 18.1. The van der Waals surface area contributed by atoms with E-state index >= 15 is 0 Å². The number of hydrogen-bond donors (Lipinski definition) is 1. The molecule has 3 heteroatoms. The van der Waals surface area contributed by atoms with E-state index in [4.69, 9.17) is 4.74 Å². The Morgan fingerprint density at radius 3 is 2.12 bits per heavy atom. The van der Waals surface area contributed by atoms with Crippen LogP contribution >= 0.6 is 0 Å². The van der Waals surface area contributed by atoms with Gasteiger partial charge < -0.3 is 10.1 Å². The molecule has 0 aliphatic carbocycles. The van der Waals surface area contributed by atoms with E-state index in [1.165, 1.54) is 5.56 Å². The van der Waals surface area contributed by atoms with Gasteiger partial charge in [0.15, 0.2) is 6.10 Å². The molecule has 0 radical (unpaired) electrons.